The van der Waals surface area contributed by atoms with E-state index < -0.39 is 11.0 Å². The Morgan fingerprint density at radius 3 is 2.65 bits per heavy atom. The van der Waals surface area contributed by atoms with Crippen molar-refractivity contribution in [3.8, 4) is 5.75 Å². The predicted octanol–water partition coefficient (Wildman–Crippen LogP) is 2.95. The molecule has 0 saturated heterocycles. The fourth-order valence-corrected chi connectivity index (χ4v) is 2.23. The van der Waals surface area contributed by atoms with Crippen molar-refractivity contribution in [3.05, 3.63) is 32.3 Å². The van der Waals surface area contributed by atoms with Crippen LogP contribution in [-0.4, -0.2) is 28.4 Å². The summed E-state index contributed by atoms with van der Waals surface area (Å²) < 4.78 is 6.01. The van der Waals surface area contributed by atoms with Crippen LogP contribution in [0.25, 0.3) is 0 Å². The topological polar surface area (TPSA) is 92.8 Å². The molecule has 1 unspecified atom stereocenters. The summed E-state index contributed by atoms with van der Waals surface area (Å²) in [6.45, 7) is 1.96. The Kier molecular flexibility index (Phi) is 6.90. The second kappa shape index (κ2) is 8.18. The molecule has 7 heteroatoms. The zero-order chi connectivity index (χ0) is 15.1. The first-order valence-electron chi connectivity index (χ1n) is 6.37. The van der Waals surface area contributed by atoms with Crippen molar-refractivity contribution in [1.29, 1.82) is 0 Å². The minimum atomic E-state index is -0.862. The van der Waals surface area contributed by atoms with Crippen molar-refractivity contribution in [3.63, 3.8) is 0 Å². The molecular weight excluding hydrogens is 330 g/mol. The third kappa shape index (κ3) is 4.73. The van der Waals surface area contributed by atoms with Gasteiger partial charge < -0.3 is 14.9 Å². The van der Waals surface area contributed by atoms with Crippen LogP contribution in [0, 0.1) is 10.1 Å². The van der Waals surface area contributed by atoms with E-state index in [0.29, 0.717) is 29.5 Å². The van der Waals surface area contributed by atoms with Gasteiger partial charge in [-0.1, -0.05) is 15.9 Å². The standard InChI is InChI=1S/C13H18BrNO5/c1-9(17)11-7-10(14)8-12(15(18)19)13(11)20-6-4-2-3-5-16/h7-9,16-17H,2-6H2,1H3. The normalized spacial score (nSPS) is 12.2. The Labute approximate surface area is 125 Å². The number of nitro benzene ring substituents is 1. The highest BCUT2D eigenvalue weighted by Gasteiger charge is 2.23. The van der Waals surface area contributed by atoms with E-state index in [2.05, 4.69) is 15.9 Å². The zero-order valence-corrected chi connectivity index (χ0v) is 12.8. The SMILES string of the molecule is CC(O)c1cc(Br)cc([N+](=O)[O-])c1OCCCCCO. The molecule has 1 rings (SSSR count). The molecule has 0 aliphatic rings. The number of ether oxygens (including phenoxy) is 1. The fraction of sp³-hybridized carbons (Fsp3) is 0.538. The van der Waals surface area contributed by atoms with E-state index in [1.54, 1.807) is 6.07 Å². The summed E-state index contributed by atoms with van der Waals surface area (Å²) in [5.41, 5.74) is 0.214. The summed E-state index contributed by atoms with van der Waals surface area (Å²) in [4.78, 5) is 10.5. The number of nitro groups is 1. The molecule has 0 radical (unpaired) electrons. The minimum absolute atomic E-state index is 0.109. The van der Waals surface area contributed by atoms with E-state index in [9.17, 15) is 15.2 Å². The Morgan fingerprint density at radius 2 is 2.10 bits per heavy atom. The second-order valence-electron chi connectivity index (χ2n) is 4.41. The molecule has 1 atom stereocenters. The highest BCUT2D eigenvalue weighted by molar-refractivity contribution is 9.10. The Hall–Kier alpha value is -1.18. The largest absolute Gasteiger partial charge is 0.487 e. The molecule has 1 aromatic rings. The predicted molar refractivity (Wildman–Crippen MR) is 77.9 cm³/mol. The Balaban J connectivity index is 2.92. The maximum absolute atomic E-state index is 11.1. The number of nitrogens with zero attached hydrogens (tertiary/aromatic N) is 1. The molecule has 0 aromatic heterocycles. The fourth-order valence-electron chi connectivity index (χ4n) is 1.77. The summed E-state index contributed by atoms with van der Waals surface area (Å²) in [6, 6.07) is 2.97. The van der Waals surface area contributed by atoms with Crippen LogP contribution in [-0.2, 0) is 0 Å². The Bertz CT molecular complexity index is 464. The number of hydrogen-bond acceptors (Lipinski definition) is 5. The van der Waals surface area contributed by atoms with Gasteiger partial charge in [0.05, 0.1) is 17.6 Å². The number of aliphatic hydroxyl groups excluding tert-OH is 2. The van der Waals surface area contributed by atoms with Gasteiger partial charge in [-0.3, -0.25) is 10.1 Å². The van der Waals surface area contributed by atoms with Crippen LogP contribution >= 0.6 is 15.9 Å². The summed E-state index contributed by atoms with van der Waals surface area (Å²) in [6.07, 6.45) is 1.28. The Morgan fingerprint density at radius 1 is 1.40 bits per heavy atom. The summed E-state index contributed by atoms with van der Waals surface area (Å²) in [5.74, 6) is 0.109. The van der Waals surface area contributed by atoms with Gasteiger partial charge in [0.1, 0.15) is 0 Å². The van der Waals surface area contributed by atoms with Gasteiger partial charge in [-0.25, -0.2) is 0 Å². The van der Waals surface area contributed by atoms with Crippen LogP contribution in [0.2, 0.25) is 0 Å². The van der Waals surface area contributed by atoms with Crippen molar-refractivity contribution in [2.75, 3.05) is 13.2 Å². The van der Waals surface area contributed by atoms with Crippen LogP contribution in [0.4, 0.5) is 5.69 Å². The van der Waals surface area contributed by atoms with E-state index in [1.165, 1.54) is 13.0 Å². The first-order valence-corrected chi connectivity index (χ1v) is 7.16. The van der Waals surface area contributed by atoms with E-state index in [-0.39, 0.29) is 18.0 Å². The lowest BCUT2D eigenvalue weighted by Crippen LogP contribution is -2.06. The molecule has 0 spiro atoms. The van der Waals surface area contributed by atoms with Gasteiger partial charge in [0.2, 0.25) is 5.75 Å². The number of rotatable bonds is 8. The molecule has 0 aliphatic carbocycles. The number of hydrogen-bond donors (Lipinski definition) is 2. The number of benzene rings is 1. The van der Waals surface area contributed by atoms with Crippen LogP contribution in [0.3, 0.4) is 0 Å². The average molecular weight is 348 g/mol. The van der Waals surface area contributed by atoms with E-state index in [0.717, 1.165) is 6.42 Å². The minimum Gasteiger partial charge on any atom is -0.487 e. The van der Waals surface area contributed by atoms with Crippen molar-refractivity contribution >= 4 is 21.6 Å². The monoisotopic (exact) mass is 347 g/mol. The smallest absolute Gasteiger partial charge is 0.312 e. The van der Waals surface area contributed by atoms with Gasteiger partial charge in [-0.15, -0.1) is 0 Å². The van der Waals surface area contributed by atoms with Gasteiger partial charge in [0.25, 0.3) is 0 Å². The quantitative estimate of drug-likeness (QED) is 0.428. The molecule has 20 heavy (non-hydrogen) atoms. The molecular formula is C13H18BrNO5. The van der Waals surface area contributed by atoms with E-state index >= 15 is 0 Å². The first kappa shape index (κ1) is 16.9. The molecule has 112 valence electrons. The van der Waals surface area contributed by atoms with E-state index in [4.69, 9.17) is 9.84 Å². The van der Waals surface area contributed by atoms with Gasteiger partial charge in [-0.05, 0) is 32.3 Å². The van der Waals surface area contributed by atoms with Crippen LogP contribution in [0.5, 0.6) is 5.75 Å². The molecule has 6 nitrogen and oxygen atoms in total. The maximum atomic E-state index is 11.1. The molecule has 0 aliphatic heterocycles. The lowest BCUT2D eigenvalue weighted by atomic mass is 10.1. The lowest BCUT2D eigenvalue weighted by molar-refractivity contribution is -0.386. The molecule has 0 amide bonds. The number of unbranched alkanes of at least 4 members (excludes halogenated alkanes) is 2. The lowest BCUT2D eigenvalue weighted by Gasteiger charge is -2.14. The number of halogens is 1. The van der Waals surface area contributed by atoms with Crippen molar-refractivity contribution < 1.29 is 19.9 Å². The molecule has 0 heterocycles. The van der Waals surface area contributed by atoms with Crippen LogP contribution in [0.1, 0.15) is 37.9 Å². The average Bonchev–Trinajstić information content (AvgIpc) is 2.38. The van der Waals surface area contributed by atoms with Gasteiger partial charge in [0, 0.05) is 22.7 Å². The highest BCUT2D eigenvalue weighted by atomic mass is 79.9. The van der Waals surface area contributed by atoms with Gasteiger partial charge >= 0.3 is 5.69 Å². The van der Waals surface area contributed by atoms with E-state index in [1.807, 2.05) is 0 Å². The summed E-state index contributed by atoms with van der Waals surface area (Å²) >= 11 is 3.19. The first-order chi connectivity index (χ1) is 9.47. The summed E-state index contributed by atoms with van der Waals surface area (Å²) in [7, 11) is 0. The molecule has 1 aromatic carbocycles. The zero-order valence-electron chi connectivity index (χ0n) is 11.2. The second-order valence-corrected chi connectivity index (χ2v) is 5.32. The van der Waals surface area contributed by atoms with Crippen LogP contribution in [0.15, 0.2) is 16.6 Å². The maximum Gasteiger partial charge on any atom is 0.312 e. The molecule has 0 fully saturated rings. The molecule has 0 saturated carbocycles. The van der Waals surface area contributed by atoms with Crippen molar-refractivity contribution in [2.24, 2.45) is 0 Å². The number of aliphatic hydroxyl groups is 2. The molecule has 0 bridgehead atoms. The van der Waals surface area contributed by atoms with Gasteiger partial charge in [-0.2, -0.15) is 0 Å². The van der Waals surface area contributed by atoms with Crippen LogP contribution < -0.4 is 4.74 Å². The summed E-state index contributed by atoms with van der Waals surface area (Å²) in [5, 5.41) is 29.5. The third-order valence-electron chi connectivity index (χ3n) is 2.76. The van der Waals surface area contributed by atoms with Crippen molar-refractivity contribution in [1.82, 2.24) is 0 Å². The molecule has 2 N–H and O–H groups in total. The highest BCUT2D eigenvalue weighted by Crippen LogP contribution is 2.37. The van der Waals surface area contributed by atoms with Crippen molar-refractivity contribution in [2.45, 2.75) is 32.3 Å². The van der Waals surface area contributed by atoms with Gasteiger partial charge in [0.15, 0.2) is 0 Å². The third-order valence-corrected chi connectivity index (χ3v) is 3.22.